The number of carboxylic acids is 1. The minimum atomic E-state index is -0.996. The standard InChI is InChI=1S/C31H36Cl2N2O7/c1-3-41-29(30(36)37)19-22-5-9-28(10-6-22)42-16-14-35(31(38)34-26-7-11-27(39-2)12-8-26)13-4-15-40-21-23-17-24(32)20-25(33)18-23/h5-12,17-18,20,29H,3-4,13-16,19,21H2,1-2H3,(H,34,38)(H,36,37). The molecule has 1 atom stereocenters. The Morgan fingerprint density at radius 3 is 2.19 bits per heavy atom. The molecular formula is C31H36Cl2N2O7. The molecule has 0 spiro atoms. The third kappa shape index (κ3) is 11.4. The van der Waals surface area contributed by atoms with Gasteiger partial charge in [-0.1, -0.05) is 35.3 Å². The van der Waals surface area contributed by atoms with Crippen molar-refractivity contribution in [3.05, 3.63) is 87.9 Å². The van der Waals surface area contributed by atoms with Gasteiger partial charge in [0, 0.05) is 41.9 Å². The Morgan fingerprint density at radius 2 is 1.57 bits per heavy atom. The number of methoxy groups -OCH3 is 1. The summed E-state index contributed by atoms with van der Waals surface area (Å²) in [7, 11) is 1.58. The maximum atomic E-state index is 13.1. The van der Waals surface area contributed by atoms with E-state index in [0.29, 0.717) is 66.6 Å². The third-order valence-corrected chi connectivity index (χ3v) is 6.59. The number of carbonyl (C=O) groups excluding carboxylic acids is 1. The lowest BCUT2D eigenvalue weighted by molar-refractivity contribution is -0.149. The first-order valence-electron chi connectivity index (χ1n) is 13.6. The summed E-state index contributed by atoms with van der Waals surface area (Å²) >= 11 is 12.1. The van der Waals surface area contributed by atoms with Crippen LogP contribution in [0, 0.1) is 0 Å². The summed E-state index contributed by atoms with van der Waals surface area (Å²) in [5.74, 6) is 0.310. The van der Waals surface area contributed by atoms with Gasteiger partial charge in [-0.25, -0.2) is 9.59 Å². The van der Waals surface area contributed by atoms with Crippen molar-refractivity contribution < 1.29 is 33.6 Å². The van der Waals surface area contributed by atoms with Crippen molar-refractivity contribution in [2.24, 2.45) is 0 Å². The first-order chi connectivity index (χ1) is 20.3. The predicted molar refractivity (Wildman–Crippen MR) is 163 cm³/mol. The molecule has 0 heterocycles. The lowest BCUT2D eigenvalue weighted by Crippen LogP contribution is -2.39. The molecule has 2 N–H and O–H groups in total. The van der Waals surface area contributed by atoms with E-state index in [-0.39, 0.29) is 19.1 Å². The van der Waals surface area contributed by atoms with Crippen molar-refractivity contribution in [1.82, 2.24) is 4.90 Å². The van der Waals surface area contributed by atoms with Crippen LogP contribution in [0.15, 0.2) is 66.7 Å². The van der Waals surface area contributed by atoms with Crippen LogP contribution in [-0.4, -0.2) is 68.1 Å². The highest BCUT2D eigenvalue weighted by Gasteiger charge is 2.18. The van der Waals surface area contributed by atoms with Gasteiger partial charge >= 0.3 is 12.0 Å². The largest absolute Gasteiger partial charge is 0.497 e. The SMILES string of the molecule is CCOC(Cc1ccc(OCCN(CCCOCc2cc(Cl)cc(Cl)c2)C(=O)Nc2ccc(OC)cc2)cc1)C(=O)O. The van der Waals surface area contributed by atoms with Gasteiger partial charge in [0.1, 0.15) is 18.1 Å². The van der Waals surface area contributed by atoms with Crippen molar-refractivity contribution in [1.29, 1.82) is 0 Å². The molecule has 0 aliphatic carbocycles. The summed E-state index contributed by atoms with van der Waals surface area (Å²) < 4.78 is 22.1. The monoisotopic (exact) mass is 618 g/mol. The molecule has 226 valence electrons. The van der Waals surface area contributed by atoms with E-state index in [4.69, 9.17) is 42.1 Å². The Morgan fingerprint density at radius 1 is 0.905 bits per heavy atom. The summed E-state index contributed by atoms with van der Waals surface area (Å²) in [6.07, 6.45) is -0.0366. The van der Waals surface area contributed by atoms with Crippen molar-refractivity contribution in [3.8, 4) is 11.5 Å². The van der Waals surface area contributed by atoms with E-state index in [9.17, 15) is 14.7 Å². The zero-order chi connectivity index (χ0) is 30.3. The van der Waals surface area contributed by atoms with Gasteiger partial charge in [-0.3, -0.25) is 0 Å². The fraction of sp³-hybridized carbons (Fsp3) is 0.355. The first kappa shape index (κ1) is 33.0. The lowest BCUT2D eigenvalue weighted by Gasteiger charge is -2.23. The maximum Gasteiger partial charge on any atom is 0.333 e. The average Bonchev–Trinajstić information content (AvgIpc) is 2.96. The van der Waals surface area contributed by atoms with Gasteiger partial charge in [-0.05, 0) is 79.1 Å². The molecular weight excluding hydrogens is 583 g/mol. The fourth-order valence-electron chi connectivity index (χ4n) is 4.06. The van der Waals surface area contributed by atoms with Gasteiger partial charge in [0.2, 0.25) is 0 Å². The van der Waals surface area contributed by atoms with Gasteiger partial charge < -0.3 is 34.3 Å². The first-order valence-corrected chi connectivity index (χ1v) is 14.3. The van der Waals surface area contributed by atoms with Gasteiger partial charge in [-0.15, -0.1) is 0 Å². The molecule has 42 heavy (non-hydrogen) atoms. The quantitative estimate of drug-likeness (QED) is 0.165. The van der Waals surface area contributed by atoms with Crippen molar-refractivity contribution in [2.45, 2.75) is 32.5 Å². The summed E-state index contributed by atoms with van der Waals surface area (Å²) in [4.78, 5) is 26.1. The number of hydrogen-bond acceptors (Lipinski definition) is 6. The van der Waals surface area contributed by atoms with E-state index < -0.39 is 12.1 Å². The number of carbonyl (C=O) groups is 2. The molecule has 1 unspecified atom stereocenters. The van der Waals surface area contributed by atoms with Crippen molar-refractivity contribution in [3.63, 3.8) is 0 Å². The molecule has 3 aromatic rings. The molecule has 3 aromatic carbocycles. The molecule has 11 heteroatoms. The van der Waals surface area contributed by atoms with Crippen LogP contribution >= 0.6 is 23.2 Å². The number of nitrogens with one attached hydrogen (secondary N) is 1. The Labute approximate surface area is 256 Å². The molecule has 0 aliphatic rings. The Kier molecular flexibility index (Phi) is 13.7. The van der Waals surface area contributed by atoms with Gasteiger partial charge in [0.05, 0.1) is 20.3 Å². The molecule has 0 bridgehead atoms. The smallest absolute Gasteiger partial charge is 0.333 e. The number of urea groups is 1. The van der Waals surface area contributed by atoms with Crippen LogP contribution in [0.5, 0.6) is 11.5 Å². The number of anilines is 1. The Balaban J connectivity index is 1.53. The second-order valence-corrected chi connectivity index (χ2v) is 10.2. The van der Waals surface area contributed by atoms with Crippen molar-refractivity contribution in [2.75, 3.05) is 45.3 Å². The molecule has 0 aromatic heterocycles. The van der Waals surface area contributed by atoms with Crippen LogP contribution < -0.4 is 14.8 Å². The third-order valence-electron chi connectivity index (χ3n) is 6.15. The number of amides is 2. The zero-order valence-electron chi connectivity index (χ0n) is 23.7. The zero-order valence-corrected chi connectivity index (χ0v) is 25.2. The molecule has 0 fully saturated rings. The average molecular weight is 620 g/mol. The van der Waals surface area contributed by atoms with Crippen LogP contribution in [-0.2, 0) is 27.3 Å². The number of hydrogen-bond donors (Lipinski definition) is 2. The predicted octanol–water partition coefficient (Wildman–Crippen LogP) is 6.55. The number of halogens is 2. The summed E-state index contributed by atoms with van der Waals surface area (Å²) in [6, 6.07) is 19.3. The minimum absolute atomic E-state index is 0.258. The van der Waals surface area contributed by atoms with E-state index in [0.717, 1.165) is 11.1 Å². The van der Waals surface area contributed by atoms with E-state index in [1.165, 1.54) is 0 Å². The second kappa shape index (κ2) is 17.5. The molecule has 0 saturated carbocycles. The van der Waals surface area contributed by atoms with Crippen molar-refractivity contribution >= 4 is 40.9 Å². The van der Waals surface area contributed by atoms with Gasteiger partial charge in [0.15, 0.2) is 6.10 Å². The number of benzene rings is 3. The summed E-state index contributed by atoms with van der Waals surface area (Å²) in [5.41, 5.74) is 2.34. The van der Waals surface area contributed by atoms with E-state index in [2.05, 4.69) is 5.32 Å². The van der Waals surface area contributed by atoms with E-state index >= 15 is 0 Å². The van der Waals surface area contributed by atoms with Crippen LogP contribution in [0.25, 0.3) is 0 Å². The van der Waals surface area contributed by atoms with E-state index in [1.54, 1.807) is 73.5 Å². The van der Waals surface area contributed by atoms with Gasteiger partial charge in [-0.2, -0.15) is 0 Å². The maximum absolute atomic E-state index is 13.1. The highest BCUT2D eigenvalue weighted by atomic mass is 35.5. The normalized spacial score (nSPS) is 11.5. The van der Waals surface area contributed by atoms with Crippen LogP contribution in [0.1, 0.15) is 24.5 Å². The highest BCUT2D eigenvalue weighted by Crippen LogP contribution is 2.20. The number of rotatable bonds is 17. The van der Waals surface area contributed by atoms with E-state index in [1.807, 2.05) is 12.1 Å². The highest BCUT2D eigenvalue weighted by molar-refractivity contribution is 6.34. The number of nitrogens with zero attached hydrogens (tertiary/aromatic N) is 1. The molecule has 9 nitrogen and oxygen atoms in total. The summed E-state index contributed by atoms with van der Waals surface area (Å²) in [5, 5.41) is 13.3. The van der Waals surface area contributed by atoms with Crippen LogP contribution in [0.4, 0.5) is 10.5 Å². The number of carboxylic acid groups (broad SMARTS) is 1. The topological polar surface area (TPSA) is 107 Å². The molecule has 0 aliphatic heterocycles. The second-order valence-electron chi connectivity index (χ2n) is 9.31. The molecule has 0 radical (unpaired) electrons. The van der Waals surface area contributed by atoms with Crippen LogP contribution in [0.3, 0.4) is 0 Å². The van der Waals surface area contributed by atoms with Gasteiger partial charge in [0.25, 0.3) is 0 Å². The molecule has 3 rings (SSSR count). The van der Waals surface area contributed by atoms with Crippen LogP contribution in [0.2, 0.25) is 10.0 Å². The number of aliphatic carboxylic acids is 1. The fourth-order valence-corrected chi connectivity index (χ4v) is 4.63. The summed E-state index contributed by atoms with van der Waals surface area (Å²) in [6.45, 7) is 3.90. The Hall–Kier alpha value is -3.50. The molecule has 0 saturated heterocycles. The minimum Gasteiger partial charge on any atom is -0.497 e. The number of ether oxygens (including phenoxy) is 4. The lowest BCUT2D eigenvalue weighted by atomic mass is 10.1. The molecule has 2 amide bonds. The Bertz CT molecular complexity index is 1250.